The molecule has 2 aromatic rings. The van der Waals surface area contributed by atoms with Gasteiger partial charge in [-0.2, -0.15) is 0 Å². The smallest absolute Gasteiger partial charge is 0.242 e. The highest BCUT2D eigenvalue weighted by Crippen LogP contribution is 2.22. The van der Waals surface area contributed by atoms with Gasteiger partial charge in [0.15, 0.2) is 0 Å². The van der Waals surface area contributed by atoms with E-state index in [1.165, 1.54) is 16.3 Å². The molecule has 0 saturated heterocycles. The first-order valence-electron chi connectivity index (χ1n) is 12.4. The number of anilines is 1. The Labute approximate surface area is 220 Å². The molecule has 2 aromatic carbocycles. The predicted molar refractivity (Wildman–Crippen MR) is 145 cm³/mol. The maximum Gasteiger partial charge on any atom is 0.242 e. The van der Waals surface area contributed by atoms with Crippen LogP contribution >= 0.6 is 0 Å². The minimum Gasteiger partial charge on any atom is -0.497 e. The molecule has 0 saturated carbocycles. The normalized spacial score (nSPS) is 11.9. The SMILES string of the molecule is CCCCNC(=O)[C@H](C)N(Cc1cccc(OC)c1)C(=O)CCCN(c1ccc(OC)cc1)S(C)(=O)=O. The maximum absolute atomic E-state index is 13.4. The molecule has 0 fully saturated rings. The molecule has 0 spiro atoms. The van der Waals surface area contributed by atoms with Crippen LogP contribution in [-0.2, 0) is 26.2 Å². The second kappa shape index (κ2) is 14.5. The molecule has 0 radical (unpaired) electrons. The van der Waals surface area contributed by atoms with Crippen LogP contribution in [0, 0.1) is 0 Å². The number of sulfonamides is 1. The van der Waals surface area contributed by atoms with E-state index < -0.39 is 16.1 Å². The lowest BCUT2D eigenvalue weighted by Gasteiger charge is -2.29. The van der Waals surface area contributed by atoms with Crippen molar-refractivity contribution < 1.29 is 27.5 Å². The van der Waals surface area contributed by atoms with Gasteiger partial charge in [-0.25, -0.2) is 8.42 Å². The standard InChI is InChI=1S/C27H39N3O6S/c1-6-7-17-28-27(32)21(2)29(20-22-10-8-11-25(19-22)36-4)26(31)12-9-18-30(37(5,33)34)23-13-15-24(35-3)16-14-23/h8,10-11,13-16,19,21H,6-7,9,12,17-18,20H2,1-5H3,(H,28,32)/t21-/m0/s1. The number of hydrogen-bond donors (Lipinski definition) is 1. The van der Waals surface area contributed by atoms with E-state index in [4.69, 9.17) is 9.47 Å². The highest BCUT2D eigenvalue weighted by Gasteiger charge is 2.26. The first kappa shape index (κ1) is 30.0. The number of nitrogens with zero attached hydrogens (tertiary/aromatic N) is 2. The molecule has 0 aliphatic carbocycles. The number of hydrogen-bond acceptors (Lipinski definition) is 6. The van der Waals surface area contributed by atoms with Crippen molar-refractivity contribution in [1.29, 1.82) is 0 Å². The number of carbonyl (C=O) groups excluding carboxylic acids is 2. The summed E-state index contributed by atoms with van der Waals surface area (Å²) in [6.07, 6.45) is 3.31. The van der Waals surface area contributed by atoms with Gasteiger partial charge in [-0.15, -0.1) is 0 Å². The monoisotopic (exact) mass is 533 g/mol. The predicted octanol–water partition coefficient (Wildman–Crippen LogP) is 3.58. The third-order valence-corrected chi connectivity index (χ3v) is 7.19. The van der Waals surface area contributed by atoms with E-state index in [1.807, 2.05) is 31.2 Å². The van der Waals surface area contributed by atoms with Crippen molar-refractivity contribution in [1.82, 2.24) is 10.2 Å². The number of carbonyl (C=O) groups is 2. The second-order valence-corrected chi connectivity index (χ2v) is 10.7. The minimum atomic E-state index is -3.56. The summed E-state index contributed by atoms with van der Waals surface area (Å²) in [5.74, 6) is 0.824. The molecule has 37 heavy (non-hydrogen) atoms. The van der Waals surface area contributed by atoms with E-state index in [1.54, 1.807) is 38.3 Å². The van der Waals surface area contributed by atoms with Crippen LogP contribution in [0.1, 0.15) is 45.1 Å². The summed E-state index contributed by atoms with van der Waals surface area (Å²) in [4.78, 5) is 27.7. The zero-order valence-electron chi connectivity index (χ0n) is 22.4. The van der Waals surface area contributed by atoms with Gasteiger partial charge in [-0.05, 0) is 61.7 Å². The van der Waals surface area contributed by atoms with E-state index in [0.717, 1.165) is 24.7 Å². The van der Waals surface area contributed by atoms with Gasteiger partial charge in [-0.3, -0.25) is 13.9 Å². The first-order chi connectivity index (χ1) is 17.6. The summed E-state index contributed by atoms with van der Waals surface area (Å²) in [5.41, 5.74) is 1.32. The number of nitrogens with one attached hydrogen (secondary N) is 1. The molecule has 1 atom stereocenters. The molecule has 0 aromatic heterocycles. The molecule has 0 aliphatic rings. The number of rotatable bonds is 15. The van der Waals surface area contributed by atoms with Crippen molar-refractivity contribution in [2.75, 3.05) is 37.9 Å². The average Bonchev–Trinajstić information content (AvgIpc) is 2.88. The van der Waals surface area contributed by atoms with Crippen molar-refractivity contribution in [3.05, 3.63) is 54.1 Å². The van der Waals surface area contributed by atoms with Gasteiger partial charge in [0.05, 0.1) is 26.2 Å². The van der Waals surface area contributed by atoms with E-state index in [-0.39, 0.29) is 37.7 Å². The fourth-order valence-electron chi connectivity index (χ4n) is 3.84. The Hall–Kier alpha value is -3.27. The van der Waals surface area contributed by atoms with Crippen LogP contribution < -0.4 is 19.1 Å². The van der Waals surface area contributed by atoms with Crippen molar-refractivity contribution in [3.8, 4) is 11.5 Å². The summed E-state index contributed by atoms with van der Waals surface area (Å²) in [6, 6.07) is 13.4. The number of benzene rings is 2. The summed E-state index contributed by atoms with van der Waals surface area (Å²) in [7, 11) is -0.454. The van der Waals surface area contributed by atoms with E-state index in [0.29, 0.717) is 23.7 Å². The molecule has 0 aliphatic heterocycles. The van der Waals surface area contributed by atoms with Gasteiger partial charge < -0.3 is 19.7 Å². The molecule has 2 rings (SSSR count). The van der Waals surface area contributed by atoms with Crippen LogP contribution in [0.25, 0.3) is 0 Å². The van der Waals surface area contributed by atoms with Crippen molar-refractivity contribution >= 4 is 27.5 Å². The summed E-state index contributed by atoms with van der Waals surface area (Å²) in [5, 5.41) is 2.90. The van der Waals surface area contributed by atoms with Crippen molar-refractivity contribution in [2.45, 2.75) is 52.1 Å². The Balaban J connectivity index is 2.16. The molecule has 2 amide bonds. The molecule has 204 valence electrons. The Morgan fingerprint density at radius 2 is 1.68 bits per heavy atom. The molecular weight excluding hydrogens is 494 g/mol. The first-order valence-corrected chi connectivity index (χ1v) is 14.3. The Morgan fingerprint density at radius 1 is 1.00 bits per heavy atom. The molecule has 0 heterocycles. The zero-order chi connectivity index (χ0) is 27.4. The van der Waals surface area contributed by atoms with Gasteiger partial charge >= 0.3 is 0 Å². The molecule has 0 unspecified atom stereocenters. The van der Waals surface area contributed by atoms with E-state index >= 15 is 0 Å². The highest BCUT2D eigenvalue weighted by atomic mass is 32.2. The Morgan fingerprint density at radius 3 is 2.27 bits per heavy atom. The number of amides is 2. The van der Waals surface area contributed by atoms with Crippen LogP contribution in [-0.4, -0.2) is 64.7 Å². The van der Waals surface area contributed by atoms with Gasteiger partial charge in [0.2, 0.25) is 21.8 Å². The maximum atomic E-state index is 13.4. The van der Waals surface area contributed by atoms with Crippen LogP contribution in [0.15, 0.2) is 48.5 Å². The van der Waals surface area contributed by atoms with Gasteiger partial charge in [0.25, 0.3) is 0 Å². The zero-order valence-corrected chi connectivity index (χ0v) is 23.2. The molecule has 0 bridgehead atoms. The lowest BCUT2D eigenvalue weighted by atomic mass is 10.1. The topological polar surface area (TPSA) is 105 Å². The van der Waals surface area contributed by atoms with E-state index in [9.17, 15) is 18.0 Å². The van der Waals surface area contributed by atoms with Crippen molar-refractivity contribution in [3.63, 3.8) is 0 Å². The summed E-state index contributed by atoms with van der Waals surface area (Å²) >= 11 is 0. The fraction of sp³-hybridized carbons (Fsp3) is 0.481. The van der Waals surface area contributed by atoms with Crippen LogP contribution in [0.4, 0.5) is 5.69 Å². The number of ether oxygens (including phenoxy) is 2. The lowest BCUT2D eigenvalue weighted by molar-refractivity contribution is -0.140. The average molecular weight is 534 g/mol. The largest absolute Gasteiger partial charge is 0.497 e. The third kappa shape index (κ3) is 9.27. The highest BCUT2D eigenvalue weighted by molar-refractivity contribution is 7.92. The molecule has 1 N–H and O–H groups in total. The van der Waals surface area contributed by atoms with Gasteiger partial charge in [0.1, 0.15) is 17.5 Å². The lowest BCUT2D eigenvalue weighted by Crippen LogP contribution is -2.48. The van der Waals surface area contributed by atoms with Crippen LogP contribution in [0.2, 0.25) is 0 Å². The summed E-state index contributed by atoms with van der Waals surface area (Å²) < 4.78 is 36.6. The second-order valence-electron chi connectivity index (χ2n) is 8.83. The van der Waals surface area contributed by atoms with Gasteiger partial charge in [-0.1, -0.05) is 25.5 Å². The number of methoxy groups -OCH3 is 2. The summed E-state index contributed by atoms with van der Waals surface area (Å²) in [6.45, 7) is 4.65. The number of unbranched alkanes of at least 4 members (excludes halogenated alkanes) is 1. The fourth-order valence-corrected chi connectivity index (χ4v) is 4.80. The Bertz CT molecular complexity index is 1120. The minimum absolute atomic E-state index is 0.0821. The quantitative estimate of drug-likeness (QED) is 0.351. The van der Waals surface area contributed by atoms with Crippen molar-refractivity contribution in [2.24, 2.45) is 0 Å². The molecule has 9 nitrogen and oxygen atoms in total. The Kier molecular flexibility index (Phi) is 11.7. The van der Waals surface area contributed by atoms with Gasteiger partial charge in [0, 0.05) is 26.1 Å². The molecular formula is C27H39N3O6S. The van der Waals surface area contributed by atoms with Crippen LogP contribution in [0.5, 0.6) is 11.5 Å². The van der Waals surface area contributed by atoms with E-state index in [2.05, 4.69) is 5.32 Å². The van der Waals surface area contributed by atoms with Crippen LogP contribution in [0.3, 0.4) is 0 Å². The molecule has 10 heteroatoms. The third-order valence-electron chi connectivity index (χ3n) is 6.00.